The van der Waals surface area contributed by atoms with Gasteiger partial charge in [-0.15, -0.1) is 0 Å². The number of hydrogen-bond donors (Lipinski definition) is 1. The number of benzene rings is 1. The maximum Gasteiger partial charge on any atom is 0.335 e. The Bertz CT molecular complexity index is 1700. The fraction of sp³-hybridized carbons (Fsp3) is 0.766. The third-order valence-electron chi connectivity index (χ3n) is 17.2. The fourth-order valence-electron chi connectivity index (χ4n) is 13.6. The number of rotatable bonds is 13. The first-order valence-corrected chi connectivity index (χ1v) is 23.6. The maximum absolute atomic E-state index is 12.0. The molecule has 1 aliphatic heterocycles. The summed E-state index contributed by atoms with van der Waals surface area (Å²) in [6.45, 7) is 24.5. The van der Waals surface area contributed by atoms with E-state index in [2.05, 4.69) is 64.0 Å². The molecule has 7 unspecified atom stereocenters. The van der Waals surface area contributed by atoms with Crippen molar-refractivity contribution in [1.82, 2.24) is 9.80 Å². The summed E-state index contributed by atoms with van der Waals surface area (Å²) in [5.74, 6) is 1.72. The molecule has 300 valence electrons. The summed E-state index contributed by atoms with van der Waals surface area (Å²) in [5, 5.41) is 9.51. The molecular weight excluding hydrogens is 689 g/mol. The van der Waals surface area contributed by atoms with Gasteiger partial charge in [-0.2, -0.15) is 0 Å². The Labute approximate surface area is 328 Å². The minimum Gasteiger partial charge on any atom is -0.478 e. The van der Waals surface area contributed by atoms with Crippen LogP contribution in [0.2, 0.25) is 0 Å². The third kappa shape index (κ3) is 7.58. The number of hydrogen-bond acceptors (Lipinski definition) is 5. The second kappa shape index (κ2) is 14.8. The van der Waals surface area contributed by atoms with Crippen LogP contribution in [-0.2, 0) is 9.84 Å². The van der Waals surface area contributed by atoms with Crippen LogP contribution in [0.1, 0.15) is 147 Å². The maximum atomic E-state index is 12.0. The van der Waals surface area contributed by atoms with Crippen LogP contribution in [0.15, 0.2) is 42.5 Å². The number of nitrogens with zero attached hydrogens (tertiary/aromatic N) is 2. The van der Waals surface area contributed by atoms with Crippen molar-refractivity contribution in [2.75, 3.05) is 44.2 Å². The second-order valence-electron chi connectivity index (χ2n) is 20.8. The number of carboxylic acids is 1. The predicted octanol–water partition coefficient (Wildman–Crippen LogP) is 10.2. The third-order valence-corrected chi connectivity index (χ3v) is 18.8. The van der Waals surface area contributed by atoms with E-state index in [-0.39, 0.29) is 10.8 Å². The van der Waals surface area contributed by atoms with Crippen LogP contribution in [-0.4, -0.2) is 79.6 Å². The summed E-state index contributed by atoms with van der Waals surface area (Å²) in [5.41, 5.74) is 5.58. The van der Waals surface area contributed by atoms with E-state index in [1.54, 1.807) is 12.1 Å². The molecule has 1 saturated heterocycles. The molecule has 7 atom stereocenters. The van der Waals surface area contributed by atoms with Crippen molar-refractivity contribution in [2.24, 2.45) is 44.8 Å². The number of carboxylic acid groups (broad SMARTS) is 1. The minimum absolute atomic E-state index is 0.0242. The topological polar surface area (TPSA) is 77.9 Å². The van der Waals surface area contributed by atoms with E-state index in [9.17, 15) is 18.3 Å². The Balaban J connectivity index is 1.08. The summed E-state index contributed by atoms with van der Waals surface area (Å²) >= 11 is 0. The average Bonchev–Trinajstić information content (AvgIpc) is 3.88. The number of fused-ring (bicyclic) bond motifs is 3. The zero-order chi connectivity index (χ0) is 38.7. The van der Waals surface area contributed by atoms with Crippen molar-refractivity contribution < 1.29 is 18.3 Å². The van der Waals surface area contributed by atoms with E-state index in [4.69, 9.17) is 0 Å². The molecular formula is C47H72N2O4S. The highest BCUT2D eigenvalue weighted by atomic mass is 32.2. The van der Waals surface area contributed by atoms with Gasteiger partial charge < -0.3 is 10.0 Å². The molecule has 54 heavy (non-hydrogen) atoms. The van der Waals surface area contributed by atoms with Gasteiger partial charge in [0.2, 0.25) is 0 Å². The van der Waals surface area contributed by atoms with Gasteiger partial charge in [-0.1, -0.05) is 71.4 Å². The lowest BCUT2D eigenvalue weighted by Gasteiger charge is -2.68. The van der Waals surface area contributed by atoms with E-state index >= 15 is 0 Å². The van der Waals surface area contributed by atoms with Crippen LogP contribution in [0.25, 0.3) is 5.57 Å². The predicted molar refractivity (Wildman–Crippen MR) is 222 cm³/mol. The highest BCUT2D eigenvalue weighted by molar-refractivity contribution is 7.91. The average molecular weight is 761 g/mol. The van der Waals surface area contributed by atoms with Crippen LogP contribution in [0.3, 0.4) is 0 Å². The molecule has 1 heterocycles. The summed E-state index contributed by atoms with van der Waals surface area (Å²) in [7, 11) is -2.84. The normalized spacial score (nSPS) is 37.7. The number of carbonyl (C=O) groups is 1. The molecule has 1 aromatic rings. The fourth-order valence-corrected chi connectivity index (χ4v) is 14.8. The molecule has 6 aliphatic rings. The van der Waals surface area contributed by atoms with Gasteiger partial charge in [0.1, 0.15) is 0 Å². The molecule has 0 spiro atoms. The van der Waals surface area contributed by atoms with E-state index in [0.717, 1.165) is 32.0 Å². The van der Waals surface area contributed by atoms with Crippen LogP contribution in [0.5, 0.6) is 0 Å². The summed E-state index contributed by atoms with van der Waals surface area (Å²) < 4.78 is 24.0. The quantitative estimate of drug-likeness (QED) is 0.202. The second-order valence-corrected chi connectivity index (χ2v) is 23.1. The Hall–Kier alpha value is -1.96. The highest BCUT2D eigenvalue weighted by Crippen LogP contribution is 2.72. The summed E-state index contributed by atoms with van der Waals surface area (Å²) in [6, 6.07) is 8.36. The van der Waals surface area contributed by atoms with Crippen molar-refractivity contribution in [3.05, 3.63) is 53.6 Å². The lowest BCUT2D eigenvalue weighted by Crippen LogP contribution is -2.60. The Morgan fingerprint density at radius 2 is 1.63 bits per heavy atom. The van der Waals surface area contributed by atoms with Crippen LogP contribution < -0.4 is 0 Å². The molecule has 6 nitrogen and oxygen atoms in total. The van der Waals surface area contributed by atoms with Gasteiger partial charge in [-0.05, 0) is 172 Å². The Morgan fingerprint density at radius 1 is 0.926 bits per heavy atom. The lowest BCUT2D eigenvalue weighted by atomic mass is 9.36. The van der Waals surface area contributed by atoms with Gasteiger partial charge in [-0.25, -0.2) is 13.2 Å². The molecule has 1 N–H and O–H groups in total. The van der Waals surface area contributed by atoms with Gasteiger partial charge >= 0.3 is 5.97 Å². The van der Waals surface area contributed by atoms with E-state index < -0.39 is 15.8 Å². The molecule has 0 amide bonds. The van der Waals surface area contributed by atoms with E-state index in [1.807, 2.05) is 12.1 Å². The molecule has 5 aliphatic carbocycles. The largest absolute Gasteiger partial charge is 0.478 e. The molecule has 1 aromatic carbocycles. The molecule has 5 fully saturated rings. The van der Waals surface area contributed by atoms with E-state index in [1.165, 1.54) is 100 Å². The first-order chi connectivity index (χ1) is 25.4. The number of allylic oxidation sites excluding steroid dienone is 3. The zero-order valence-electron chi connectivity index (χ0n) is 34.7. The van der Waals surface area contributed by atoms with E-state index in [0.29, 0.717) is 64.2 Å². The summed E-state index contributed by atoms with van der Waals surface area (Å²) in [4.78, 5) is 16.8. The summed E-state index contributed by atoms with van der Waals surface area (Å²) in [6.07, 6.45) is 20.6. The number of sulfone groups is 1. The van der Waals surface area contributed by atoms with Crippen molar-refractivity contribution >= 4 is 21.4 Å². The van der Waals surface area contributed by atoms with Crippen molar-refractivity contribution in [3.63, 3.8) is 0 Å². The van der Waals surface area contributed by atoms with Crippen LogP contribution in [0, 0.1) is 44.8 Å². The molecule has 0 radical (unpaired) electrons. The molecule has 7 rings (SSSR count). The van der Waals surface area contributed by atoms with Gasteiger partial charge in [0.25, 0.3) is 0 Å². The Morgan fingerprint density at radius 3 is 2.26 bits per heavy atom. The van der Waals surface area contributed by atoms with Crippen LogP contribution >= 0.6 is 0 Å². The van der Waals surface area contributed by atoms with Gasteiger partial charge in [0.05, 0.1) is 17.1 Å². The van der Waals surface area contributed by atoms with Gasteiger partial charge in [0, 0.05) is 25.7 Å². The smallest absolute Gasteiger partial charge is 0.335 e. The molecule has 0 aromatic heterocycles. The van der Waals surface area contributed by atoms with Crippen molar-refractivity contribution in [3.8, 4) is 0 Å². The molecule has 0 bridgehead atoms. The van der Waals surface area contributed by atoms with Gasteiger partial charge in [-0.3, -0.25) is 4.90 Å². The Kier molecular flexibility index (Phi) is 11.0. The minimum atomic E-state index is -2.84. The first-order valence-electron chi connectivity index (χ1n) is 21.8. The van der Waals surface area contributed by atoms with Crippen molar-refractivity contribution in [2.45, 2.75) is 137 Å². The lowest BCUT2D eigenvalue weighted by molar-refractivity contribution is -0.172. The zero-order valence-corrected chi connectivity index (χ0v) is 35.5. The number of aromatic carboxylic acids is 1. The van der Waals surface area contributed by atoms with Gasteiger partial charge in [0.15, 0.2) is 9.84 Å². The molecule has 7 heteroatoms. The first kappa shape index (κ1) is 40.2. The highest BCUT2D eigenvalue weighted by Gasteiger charge is 2.64. The van der Waals surface area contributed by atoms with Crippen LogP contribution in [0.4, 0.5) is 0 Å². The SMILES string of the molecule is C=C(C)C1CCC(CCC2(C)CCCC3C4(C)CC=C(c5ccc(C(=O)O)cc5)C(C)(C)C4CCC32C)(CN(CCCN2CCS(=O)(=O)CC2)C2CC2)C1. The monoisotopic (exact) mass is 761 g/mol. The van der Waals surface area contributed by atoms with Crippen molar-refractivity contribution in [1.29, 1.82) is 0 Å². The standard InChI is InChI=1S/C47H72N2O4S/c1-34(2)37-17-23-47(32-37,33-49(38-15-16-38)27-9-26-48-28-30-54(52,53)31-29-48)25-24-44(5)20-8-10-41-45(6)21-18-39(35-11-13-36(14-12-35)42(50)51)43(3,4)40(45)19-22-46(41,44)7/h11-14,18,37-38,40-41H,1,8-10,15-17,19-33H2,2-7H3,(H,50,51). The molecule has 4 saturated carbocycles.